The number of ether oxygens (including phenoxy) is 3. The van der Waals surface area contributed by atoms with Crippen LogP contribution in [0.5, 0.6) is 11.5 Å². The number of methoxy groups -OCH3 is 3. The van der Waals surface area contributed by atoms with E-state index in [1.807, 2.05) is 35.6 Å². The van der Waals surface area contributed by atoms with E-state index in [0.717, 1.165) is 27.7 Å². The third-order valence-corrected chi connectivity index (χ3v) is 5.28. The zero-order chi connectivity index (χ0) is 19.0. The smallest absolute Gasteiger partial charge is 0.364 e. The molecule has 3 aromatic rings. The van der Waals surface area contributed by atoms with E-state index in [4.69, 9.17) is 14.2 Å². The third-order valence-electron chi connectivity index (χ3n) is 5.28. The molecule has 4 rings (SSSR count). The Morgan fingerprint density at radius 3 is 2.63 bits per heavy atom. The number of quaternary nitrogens is 1. The lowest BCUT2D eigenvalue weighted by atomic mass is 9.90. The maximum Gasteiger partial charge on any atom is 0.364 e. The molecule has 1 aromatic heterocycles. The Kier molecular flexibility index (Phi) is 4.49. The highest BCUT2D eigenvalue weighted by molar-refractivity contribution is 5.86. The van der Waals surface area contributed by atoms with Gasteiger partial charge in [0, 0.05) is 17.3 Å². The number of aromatic amines is 1. The minimum Gasteiger partial charge on any atom is -0.493 e. The summed E-state index contributed by atoms with van der Waals surface area (Å²) in [5.74, 6) is 1.12. The summed E-state index contributed by atoms with van der Waals surface area (Å²) in [6.07, 6.45) is 0.620. The molecule has 0 amide bonds. The van der Waals surface area contributed by atoms with E-state index in [-0.39, 0.29) is 18.1 Å². The van der Waals surface area contributed by atoms with Crippen molar-refractivity contribution in [2.45, 2.75) is 18.5 Å². The van der Waals surface area contributed by atoms with Gasteiger partial charge in [-0.05, 0) is 23.8 Å². The zero-order valence-corrected chi connectivity index (χ0v) is 15.6. The zero-order valence-electron chi connectivity index (χ0n) is 15.6. The first-order valence-electron chi connectivity index (χ1n) is 8.91. The molecule has 6 nitrogen and oxygen atoms in total. The molecule has 3 N–H and O–H groups in total. The van der Waals surface area contributed by atoms with Crippen molar-refractivity contribution in [1.82, 2.24) is 4.98 Å². The molecule has 0 bridgehead atoms. The quantitative estimate of drug-likeness (QED) is 0.691. The van der Waals surface area contributed by atoms with Crippen molar-refractivity contribution in [3.05, 3.63) is 59.3 Å². The molecule has 0 spiro atoms. The van der Waals surface area contributed by atoms with Gasteiger partial charge in [0.1, 0.15) is 0 Å². The molecule has 27 heavy (non-hydrogen) atoms. The first-order chi connectivity index (χ1) is 13.2. The second-order valence-electron chi connectivity index (χ2n) is 6.65. The Bertz CT molecular complexity index is 995. The summed E-state index contributed by atoms with van der Waals surface area (Å²) in [7, 11) is 4.69. The van der Waals surface area contributed by atoms with Crippen molar-refractivity contribution < 1.29 is 24.3 Å². The van der Waals surface area contributed by atoms with Gasteiger partial charge in [0.15, 0.2) is 23.6 Å². The summed E-state index contributed by atoms with van der Waals surface area (Å²) in [6.45, 7) is 0. The molecule has 6 heteroatoms. The highest BCUT2D eigenvalue weighted by Gasteiger charge is 2.39. The summed E-state index contributed by atoms with van der Waals surface area (Å²) in [6, 6.07) is 13.5. The van der Waals surface area contributed by atoms with Gasteiger partial charge in [0.05, 0.1) is 32.6 Å². The number of carbonyl (C=O) groups is 1. The van der Waals surface area contributed by atoms with Crippen LogP contribution in [0.2, 0.25) is 0 Å². The summed E-state index contributed by atoms with van der Waals surface area (Å²) in [5, 5.41) is 3.18. The number of nitrogens with one attached hydrogen (secondary N) is 1. The van der Waals surface area contributed by atoms with Crippen molar-refractivity contribution in [3.63, 3.8) is 0 Å². The van der Waals surface area contributed by atoms with E-state index in [0.29, 0.717) is 17.9 Å². The molecule has 0 unspecified atom stereocenters. The maximum atomic E-state index is 12.4. The molecular formula is C21H23N2O4+. The molecule has 2 atom stereocenters. The summed E-state index contributed by atoms with van der Waals surface area (Å²) < 4.78 is 16.2. The molecular weight excluding hydrogens is 344 g/mol. The van der Waals surface area contributed by atoms with Gasteiger partial charge in [-0.25, -0.2) is 4.79 Å². The fourth-order valence-electron chi connectivity index (χ4n) is 4.05. The number of aromatic nitrogens is 1. The number of fused-ring (bicyclic) bond motifs is 3. The van der Waals surface area contributed by atoms with Gasteiger partial charge in [-0.2, -0.15) is 0 Å². The van der Waals surface area contributed by atoms with E-state index in [1.165, 1.54) is 7.11 Å². The highest BCUT2D eigenvalue weighted by atomic mass is 16.5. The van der Waals surface area contributed by atoms with Gasteiger partial charge in [-0.1, -0.05) is 24.3 Å². The van der Waals surface area contributed by atoms with E-state index in [9.17, 15) is 4.79 Å². The average Bonchev–Trinajstić information content (AvgIpc) is 3.10. The van der Waals surface area contributed by atoms with Crippen LogP contribution in [0.1, 0.15) is 22.9 Å². The van der Waals surface area contributed by atoms with Crippen LogP contribution >= 0.6 is 0 Å². The second-order valence-corrected chi connectivity index (χ2v) is 6.65. The highest BCUT2D eigenvalue weighted by Crippen LogP contribution is 2.39. The molecule has 0 fully saturated rings. The Morgan fingerprint density at radius 1 is 1.07 bits per heavy atom. The number of benzene rings is 2. The van der Waals surface area contributed by atoms with Crippen LogP contribution in [0.4, 0.5) is 0 Å². The number of nitrogens with two attached hydrogens (primary N) is 1. The SMILES string of the molecule is COC(=O)[C@@H]1Cc2c([nH]c3ccccc23)[C@@H](c2cccc(OC)c2OC)[NH2+]1. The predicted octanol–water partition coefficient (Wildman–Crippen LogP) is 1.94. The first-order valence-corrected chi connectivity index (χ1v) is 8.91. The Morgan fingerprint density at radius 2 is 1.89 bits per heavy atom. The number of para-hydroxylation sites is 2. The van der Waals surface area contributed by atoms with Crippen LogP contribution in [0.3, 0.4) is 0 Å². The molecule has 1 aliphatic rings. The number of esters is 1. The Hall–Kier alpha value is -2.99. The van der Waals surface area contributed by atoms with Gasteiger partial charge in [0.2, 0.25) is 0 Å². The topological polar surface area (TPSA) is 77.2 Å². The van der Waals surface area contributed by atoms with E-state index in [1.54, 1.807) is 14.2 Å². The van der Waals surface area contributed by atoms with Crippen molar-refractivity contribution >= 4 is 16.9 Å². The Balaban J connectivity index is 1.92. The number of hydrogen-bond acceptors (Lipinski definition) is 4. The van der Waals surface area contributed by atoms with E-state index >= 15 is 0 Å². The molecule has 0 saturated carbocycles. The third kappa shape index (κ3) is 2.82. The lowest BCUT2D eigenvalue weighted by Gasteiger charge is -2.28. The maximum absolute atomic E-state index is 12.4. The van der Waals surface area contributed by atoms with E-state index in [2.05, 4.69) is 17.1 Å². The standard InChI is InChI=1S/C21H22N2O4/c1-25-17-10-6-8-13(20(17)26-2)18-19-14(11-16(23-18)21(24)27-3)12-7-4-5-9-15(12)22-19/h4-10,16,18,22-23H,11H2,1-3H3/p+1/t16-,18+/m0/s1. The van der Waals surface area contributed by atoms with Crippen LogP contribution in [-0.4, -0.2) is 38.3 Å². The van der Waals surface area contributed by atoms with Gasteiger partial charge in [0.25, 0.3) is 0 Å². The van der Waals surface area contributed by atoms with Crippen molar-refractivity contribution in [1.29, 1.82) is 0 Å². The van der Waals surface area contributed by atoms with Gasteiger partial charge in [-0.15, -0.1) is 0 Å². The minimum absolute atomic E-state index is 0.129. The molecule has 140 valence electrons. The lowest BCUT2D eigenvalue weighted by molar-refractivity contribution is -0.712. The fourth-order valence-corrected chi connectivity index (χ4v) is 4.05. The number of carbonyl (C=O) groups excluding carboxylic acids is 1. The van der Waals surface area contributed by atoms with Crippen LogP contribution < -0.4 is 14.8 Å². The normalized spacial score (nSPS) is 18.8. The first kappa shape index (κ1) is 17.4. The summed E-state index contributed by atoms with van der Waals surface area (Å²) in [5.41, 5.74) is 4.26. The van der Waals surface area contributed by atoms with Crippen molar-refractivity contribution in [2.75, 3.05) is 21.3 Å². The largest absolute Gasteiger partial charge is 0.493 e. The van der Waals surface area contributed by atoms with Gasteiger partial charge >= 0.3 is 5.97 Å². The summed E-state index contributed by atoms with van der Waals surface area (Å²) in [4.78, 5) is 15.9. The molecule has 2 heterocycles. The van der Waals surface area contributed by atoms with Crippen LogP contribution in [0.15, 0.2) is 42.5 Å². The number of rotatable bonds is 4. The van der Waals surface area contributed by atoms with Crippen LogP contribution in [0.25, 0.3) is 10.9 Å². The van der Waals surface area contributed by atoms with Crippen molar-refractivity contribution in [3.8, 4) is 11.5 Å². The monoisotopic (exact) mass is 367 g/mol. The summed E-state index contributed by atoms with van der Waals surface area (Å²) >= 11 is 0. The average molecular weight is 367 g/mol. The van der Waals surface area contributed by atoms with E-state index < -0.39 is 0 Å². The number of hydrogen-bond donors (Lipinski definition) is 2. The van der Waals surface area contributed by atoms with Gasteiger partial charge < -0.3 is 24.5 Å². The number of H-pyrrole nitrogens is 1. The lowest BCUT2D eigenvalue weighted by Crippen LogP contribution is -2.94. The Labute approximate surface area is 157 Å². The fraction of sp³-hybridized carbons (Fsp3) is 0.286. The molecule has 1 aliphatic heterocycles. The second kappa shape index (κ2) is 6.96. The van der Waals surface area contributed by atoms with Crippen LogP contribution in [-0.2, 0) is 16.0 Å². The predicted molar refractivity (Wildman–Crippen MR) is 101 cm³/mol. The minimum atomic E-state index is -0.317. The molecule has 0 radical (unpaired) electrons. The van der Waals surface area contributed by atoms with Crippen molar-refractivity contribution in [2.24, 2.45) is 0 Å². The molecule has 2 aromatic carbocycles. The van der Waals surface area contributed by atoms with Gasteiger partial charge in [-0.3, -0.25) is 0 Å². The molecule has 0 aliphatic carbocycles. The van der Waals surface area contributed by atoms with Crippen LogP contribution in [0, 0.1) is 0 Å². The molecule has 0 saturated heterocycles.